The molecule has 1 aliphatic rings. The normalized spacial score (nSPS) is 20.7. The third-order valence-corrected chi connectivity index (χ3v) is 3.21. The van der Waals surface area contributed by atoms with Gasteiger partial charge in [0.2, 0.25) is 0 Å². The highest BCUT2D eigenvalue weighted by Crippen LogP contribution is 2.25. The van der Waals surface area contributed by atoms with E-state index < -0.39 is 0 Å². The Balaban J connectivity index is 2.13. The number of hydrogen-bond donors (Lipinski definition) is 2. The van der Waals surface area contributed by atoms with E-state index in [0.29, 0.717) is 11.8 Å². The first-order chi connectivity index (χ1) is 7.31. The van der Waals surface area contributed by atoms with Gasteiger partial charge >= 0.3 is 0 Å². The van der Waals surface area contributed by atoms with Crippen LogP contribution in [-0.2, 0) is 12.8 Å². The van der Waals surface area contributed by atoms with Crippen LogP contribution in [0.3, 0.4) is 0 Å². The van der Waals surface area contributed by atoms with Crippen molar-refractivity contribution in [2.24, 2.45) is 0 Å². The Morgan fingerprint density at radius 1 is 1.40 bits per heavy atom. The van der Waals surface area contributed by atoms with Crippen molar-refractivity contribution in [3.63, 3.8) is 0 Å². The van der Waals surface area contributed by atoms with Crippen LogP contribution in [0.1, 0.15) is 30.9 Å². The molecule has 1 aliphatic heterocycles. The number of aryl methyl sites for hydroxylation is 1. The van der Waals surface area contributed by atoms with Crippen LogP contribution < -0.4 is 5.32 Å². The lowest BCUT2D eigenvalue weighted by Crippen LogP contribution is -2.23. The van der Waals surface area contributed by atoms with Crippen molar-refractivity contribution in [2.75, 3.05) is 6.54 Å². The summed E-state index contributed by atoms with van der Waals surface area (Å²) in [4.78, 5) is 0. The number of hydrogen-bond acceptors (Lipinski definition) is 2. The summed E-state index contributed by atoms with van der Waals surface area (Å²) in [6.07, 6.45) is 4.35. The van der Waals surface area contributed by atoms with Crippen molar-refractivity contribution >= 4 is 0 Å². The van der Waals surface area contributed by atoms with Crippen LogP contribution in [0.5, 0.6) is 5.75 Å². The minimum absolute atomic E-state index is 0.508. The predicted molar refractivity (Wildman–Crippen MR) is 62.2 cm³/mol. The second-order valence-electron chi connectivity index (χ2n) is 4.28. The molecule has 0 saturated carbocycles. The zero-order chi connectivity index (χ0) is 10.7. The second-order valence-corrected chi connectivity index (χ2v) is 4.28. The van der Waals surface area contributed by atoms with Gasteiger partial charge in [-0.15, -0.1) is 0 Å². The highest BCUT2D eigenvalue weighted by Gasteiger charge is 2.16. The molecule has 1 unspecified atom stereocenters. The van der Waals surface area contributed by atoms with Crippen LogP contribution in [0.4, 0.5) is 0 Å². The van der Waals surface area contributed by atoms with Gasteiger partial charge in [-0.3, -0.25) is 0 Å². The minimum Gasteiger partial charge on any atom is -0.507 e. The molecule has 2 heteroatoms. The summed E-state index contributed by atoms with van der Waals surface area (Å²) in [6.45, 7) is 3.20. The molecule has 1 saturated heterocycles. The number of para-hydroxylation sites is 1. The second kappa shape index (κ2) is 4.67. The van der Waals surface area contributed by atoms with Gasteiger partial charge < -0.3 is 10.4 Å². The molecule has 0 aliphatic carbocycles. The van der Waals surface area contributed by atoms with Gasteiger partial charge in [-0.25, -0.2) is 0 Å². The summed E-state index contributed by atoms with van der Waals surface area (Å²) < 4.78 is 0. The average Bonchev–Trinajstić information content (AvgIpc) is 2.74. The van der Waals surface area contributed by atoms with E-state index in [2.05, 4.69) is 12.2 Å². The molecule has 2 rings (SSSR count). The van der Waals surface area contributed by atoms with Crippen molar-refractivity contribution < 1.29 is 5.11 Å². The summed E-state index contributed by atoms with van der Waals surface area (Å²) in [7, 11) is 0. The van der Waals surface area contributed by atoms with Gasteiger partial charge in [-0.1, -0.05) is 25.1 Å². The first-order valence-corrected chi connectivity index (χ1v) is 5.84. The number of phenolic OH excluding ortho intramolecular Hbond substituents is 1. The molecular weight excluding hydrogens is 186 g/mol. The fourth-order valence-electron chi connectivity index (χ4n) is 2.29. The zero-order valence-corrected chi connectivity index (χ0v) is 9.29. The van der Waals surface area contributed by atoms with Gasteiger partial charge in [-0.2, -0.15) is 0 Å². The largest absolute Gasteiger partial charge is 0.507 e. The Bertz CT molecular complexity index is 329. The van der Waals surface area contributed by atoms with Crippen LogP contribution in [0.15, 0.2) is 18.2 Å². The summed E-state index contributed by atoms with van der Waals surface area (Å²) in [5.41, 5.74) is 2.15. The Hall–Kier alpha value is -1.02. The average molecular weight is 205 g/mol. The van der Waals surface area contributed by atoms with E-state index >= 15 is 0 Å². The third-order valence-electron chi connectivity index (χ3n) is 3.21. The van der Waals surface area contributed by atoms with Gasteiger partial charge in [0.1, 0.15) is 5.75 Å². The highest BCUT2D eigenvalue weighted by atomic mass is 16.3. The lowest BCUT2D eigenvalue weighted by Gasteiger charge is -2.13. The molecule has 1 heterocycles. The topological polar surface area (TPSA) is 32.3 Å². The van der Waals surface area contributed by atoms with Crippen LogP contribution in [0.2, 0.25) is 0 Å². The van der Waals surface area contributed by atoms with Crippen LogP contribution in [0, 0.1) is 0 Å². The fraction of sp³-hybridized carbons (Fsp3) is 0.538. The van der Waals surface area contributed by atoms with Crippen molar-refractivity contribution in [1.29, 1.82) is 0 Å². The molecule has 1 aromatic carbocycles. The molecule has 0 spiro atoms. The van der Waals surface area contributed by atoms with Gasteiger partial charge in [0.25, 0.3) is 0 Å². The SMILES string of the molecule is CCc1cccc(CC2CCCN2)c1O. The standard InChI is InChI=1S/C13H19NO/c1-2-10-5-3-6-11(13(10)15)9-12-7-4-8-14-12/h3,5-6,12,14-15H,2,4,7-9H2,1H3. The van der Waals surface area contributed by atoms with Gasteiger partial charge in [-0.05, 0) is 43.4 Å². The molecule has 0 radical (unpaired) electrons. The Morgan fingerprint density at radius 3 is 2.87 bits per heavy atom. The third kappa shape index (κ3) is 2.32. The maximum Gasteiger partial charge on any atom is 0.121 e. The fourth-order valence-corrected chi connectivity index (χ4v) is 2.29. The maximum absolute atomic E-state index is 10.0. The Morgan fingerprint density at radius 2 is 2.20 bits per heavy atom. The monoisotopic (exact) mass is 205 g/mol. The predicted octanol–water partition coefficient (Wildman–Crippen LogP) is 2.25. The maximum atomic E-state index is 10.0. The van der Waals surface area contributed by atoms with Gasteiger partial charge in [0, 0.05) is 6.04 Å². The molecule has 1 fully saturated rings. The number of benzene rings is 1. The summed E-state index contributed by atoms with van der Waals surface area (Å²) in [5.74, 6) is 0.508. The smallest absolute Gasteiger partial charge is 0.121 e. The van der Waals surface area contributed by atoms with E-state index in [9.17, 15) is 5.11 Å². The molecular formula is C13H19NO. The molecule has 1 aromatic rings. The van der Waals surface area contributed by atoms with Crippen LogP contribution >= 0.6 is 0 Å². The summed E-state index contributed by atoms with van der Waals surface area (Å²) in [6, 6.07) is 6.64. The van der Waals surface area contributed by atoms with E-state index in [0.717, 1.165) is 30.5 Å². The molecule has 2 nitrogen and oxygen atoms in total. The van der Waals surface area contributed by atoms with E-state index in [4.69, 9.17) is 0 Å². The van der Waals surface area contributed by atoms with E-state index in [-0.39, 0.29) is 0 Å². The zero-order valence-electron chi connectivity index (χ0n) is 9.29. The lowest BCUT2D eigenvalue weighted by atomic mass is 10.00. The van der Waals surface area contributed by atoms with Crippen LogP contribution in [-0.4, -0.2) is 17.7 Å². The molecule has 15 heavy (non-hydrogen) atoms. The molecule has 1 atom stereocenters. The molecule has 0 aromatic heterocycles. The van der Waals surface area contributed by atoms with E-state index in [1.807, 2.05) is 18.2 Å². The number of phenols is 1. The van der Waals surface area contributed by atoms with Gasteiger partial charge in [0.15, 0.2) is 0 Å². The first kappa shape index (κ1) is 10.5. The van der Waals surface area contributed by atoms with Crippen molar-refractivity contribution in [1.82, 2.24) is 5.32 Å². The summed E-state index contributed by atoms with van der Waals surface area (Å²) in [5, 5.41) is 13.5. The molecule has 82 valence electrons. The van der Waals surface area contributed by atoms with E-state index in [1.165, 1.54) is 12.8 Å². The Labute approximate surface area is 91.3 Å². The number of nitrogens with one attached hydrogen (secondary N) is 1. The van der Waals surface area contributed by atoms with Crippen molar-refractivity contribution in [2.45, 2.75) is 38.6 Å². The molecule has 2 N–H and O–H groups in total. The Kier molecular flexibility index (Phi) is 3.27. The minimum atomic E-state index is 0.508. The summed E-state index contributed by atoms with van der Waals surface area (Å²) >= 11 is 0. The van der Waals surface area contributed by atoms with Gasteiger partial charge in [0.05, 0.1) is 0 Å². The number of rotatable bonds is 3. The molecule has 0 amide bonds. The molecule has 0 bridgehead atoms. The van der Waals surface area contributed by atoms with Crippen molar-refractivity contribution in [3.8, 4) is 5.75 Å². The number of aromatic hydroxyl groups is 1. The van der Waals surface area contributed by atoms with E-state index in [1.54, 1.807) is 0 Å². The lowest BCUT2D eigenvalue weighted by molar-refractivity contribution is 0.456. The van der Waals surface area contributed by atoms with Crippen molar-refractivity contribution in [3.05, 3.63) is 29.3 Å². The highest BCUT2D eigenvalue weighted by molar-refractivity contribution is 5.40. The quantitative estimate of drug-likeness (QED) is 0.793. The van der Waals surface area contributed by atoms with Crippen LogP contribution in [0.25, 0.3) is 0 Å². The first-order valence-electron chi connectivity index (χ1n) is 5.84.